The highest BCUT2D eigenvalue weighted by Crippen LogP contribution is 2.11. The lowest BCUT2D eigenvalue weighted by Crippen LogP contribution is -2.38. The van der Waals surface area contributed by atoms with Gasteiger partial charge in [0.15, 0.2) is 0 Å². The van der Waals surface area contributed by atoms with Crippen LogP contribution in [0.3, 0.4) is 0 Å². The van der Waals surface area contributed by atoms with Gasteiger partial charge < -0.3 is 4.90 Å². The van der Waals surface area contributed by atoms with Crippen molar-refractivity contribution in [3.05, 3.63) is 0 Å². The molecule has 0 unspecified atom stereocenters. The van der Waals surface area contributed by atoms with Crippen molar-refractivity contribution in [3.8, 4) is 0 Å². The molecule has 1 fully saturated rings. The third kappa shape index (κ3) is 4.91. The van der Waals surface area contributed by atoms with Crippen LogP contribution in [0.25, 0.3) is 0 Å². The molecule has 1 amide bonds. The van der Waals surface area contributed by atoms with Gasteiger partial charge in [-0.2, -0.15) is 12.7 Å². The SMILES string of the molecule is CN(C)S(=O)(=O)NCCCN1CCCCCC1=O. The van der Waals surface area contributed by atoms with E-state index in [2.05, 4.69) is 4.72 Å². The van der Waals surface area contributed by atoms with Gasteiger partial charge in [0.1, 0.15) is 0 Å². The Labute approximate surface area is 110 Å². The van der Waals surface area contributed by atoms with Crippen molar-refractivity contribution < 1.29 is 13.2 Å². The number of amides is 1. The first-order chi connectivity index (χ1) is 8.43. The van der Waals surface area contributed by atoms with Crippen LogP contribution in [0.1, 0.15) is 32.1 Å². The van der Waals surface area contributed by atoms with E-state index in [9.17, 15) is 13.2 Å². The number of nitrogens with one attached hydrogen (secondary N) is 1. The summed E-state index contributed by atoms with van der Waals surface area (Å²) in [6, 6.07) is 0. The van der Waals surface area contributed by atoms with Gasteiger partial charge in [-0.15, -0.1) is 0 Å². The second-order valence-electron chi connectivity index (χ2n) is 4.73. The van der Waals surface area contributed by atoms with Crippen LogP contribution >= 0.6 is 0 Å². The Morgan fingerprint density at radius 3 is 2.67 bits per heavy atom. The van der Waals surface area contributed by atoms with Gasteiger partial charge in [-0.25, -0.2) is 4.72 Å². The van der Waals surface area contributed by atoms with Gasteiger partial charge in [0.05, 0.1) is 0 Å². The molecule has 0 aromatic heterocycles. The lowest BCUT2D eigenvalue weighted by atomic mass is 10.2. The molecule has 1 rings (SSSR count). The molecule has 0 saturated carbocycles. The van der Waals surface area contributed by atoms with E-state index in [0.717, 1.165) is 30.1 Å². The smallest absolute Gasteiger partial charge is 0.278 e. The number of hydrogen-bond donors (Lipinski definition) is 1. The minimum Gasteiger partial charge on any atom is -0.343 e. The van der Waals surface area contributed by atoms with E-state index >= 15 is 0 Å². The van der Waals surface area contributed by atoms with Crippen LogP contribution in [0.4, 0.5) is 0 Å². The molecule has 0 radical (unpaired) electrons. The number of likely N-dealkylation sites (tertiary alicyclic amines) is 1. The van der Waals surface area contributed by atoms with E-state index in [-0.39, 0.29) is 5.91 Å². The highest BCUT2D eigenvalue weighted by molar-refractivity contribution is 7.87. The van der Waals surface area contributed by atoms with Gasteiger partial charge in [0.25, 0.3) is 10.2 Å². The molecule has 1 aliphatic heterocycles. The van der Waals surface area contributed by atoms with E-state index in [4.69, 9.17) is 0 Å². The summed E-state index contributed by atoms with van der Waals surface area (Å²) < 4.78 is 26.5. The van der Waals surface area contributed by atoms with E-state index in [1.165, 1.54) is 14.1 Å². The Morgan fingerprint density at radius 1 is 1.28 bits per heavy atom. The fourth-order valence-corrected chi connectivity index (χ4v) is 2.54. The second kappa shape index (κ2) is 7.06. The Balaban J connectivity index is 2.27. The van der Waals surface area contributed by atoms with Crippen molar-refractivity contribution in [2.75, 3.05) is 33.7 Å². The van der Waals surface area contributed by atoms with Crippen molar-refractivity contribution in [2.45, 2.75) is 32.1 Å². The Hall–Kier alpha value is -0.660. The van der Waals surface area contributed by atoms with Crippen molar-refractivity contribution >= 4 is 16.1 Å². The molecule has 0 atom stereocenters. The predicted molar refractivity (Wildman–Crippen MR) is 70.3 cm³/mol. The van der Waals surface area contributed by atoms with Crippen molar-refractivity contribution in [1.82, 2.24) is 13.9 Å². The quantitative estimate of drug-likeness (QED) is 0.704. The Bertz CT molecular complexity index is 368. The number of carbonyl (C=O) groups excluding carboxylic acids is 1. The van der Waals surface area contributed by atoms with Crippen LogP contribution < -0.4 is 4.72 Å². The minimum atomic E-state index is -3.34. The maximum absolute atomic E-state index is 11.7. The van der Waals surface area contributed by atoms with Crippen LogP contribution in [-0.2, 0) is 15.0 Å². The van der Waals surface area contributed by atoms with Crippen LogP contribution in [-0.4, -0.2) is 57.3 Å². The second-order valence-corrected chi connectivity index (χ2v) is 6.70. The number of carbonyl (C=O) groups is 1. The summed E-state index contributed by atoms with van der Waals surface area (Å²) in [6.07, 6.45) is 4.41. The number of rotatable bonds is 6. The minimum absolute atomic E-state index is 0.197. The molecule has 1 N–H and O–H groups in total. The molecule has 106 valence electrons. The van der Waals surface area contributed by atoms with Gasteiger partial charge >= 0.3 is 0 Å². The molecule has 0 bridgehead atoms. The Kier molecular flexibility index (Phi) is 6.04. The normalized spacial score (nSPS) is 18.2. The summed E-state index contributed by atoms with van der Waals surface area (Å²) in [6.45, 7) is 1.80. The topological polar surface area (TPSA) is 69.7 Å². The largest absolute Gasteiger partial charge is 0.343 e. The maximum Gasteiger partial charge on any atom is 0.278 e. The molecule has 6 nitrogen and oxygen atoms in total. The standard InChI is InChI=1S/C11H23N3O3S/c1-13(2)18(16,17)12-8-6-10-14-9-5-3-4-7-11(14)15/h12H,3-10H2,1-2H3. The average molecular weight is 277 g/mol. The zero-order valence-corrected chi connectivity index (χ0v) is 12.0. The summed E-state index contributed by atoms with van der Waals surface area (Å²) in [5, 5.41) is 0. The highest BCUT2D eigenvalue weighted by atomic mass is 32.2. The highest BCUT2D eigenvalue weighted by Gasteiger charge is 2.16. The van der Waals surface area contributed by atoms with Gasteiger partial charge in [0.2, 0.25) is 5.91 Å². The zero-order chi connectivity index (χ0) is 13.6. The zero-order valence-electron chi connectivity index (χ0n) is 11.2. The van der Waals surface area contributed by atoms with Gasteiger partial charge in [0, 0.05) is 40.2 Å². The molecule has 0 aromatic rings. The molecule has 0 aliphatic carbocycles. The molecular weight excluding hydrogens is 254 g/mol. The summed E-state index contributed by atoms with van der Waals surface area (Å²) in [5.74, 6) is 0.197. The molecule has 1 saturated heterocycles. The summed E-state index contributed by atoms with van der Waals surface area (Å²) in [4.78, 5) is 13.5. The first-order valence-electron chi connectivity index (χ1n) is 6.38. The summed E-state index contributed by atoms with van der Waals surface area (Å²) in [7, 11) is -0.368. The van der Waals surface area contributed by atoms with Crippen LogP contribution in [0.15, 0.2) is 0 Å². The fraction of sp³-hybridized carbons (Fsp3) is 0.909. The van der Waals surface area contributed by atoms with E-state index in [0.29, 0.717) is 25.9 Å². The van der Waals surface area contributed by atoms with Crippen LogP contribution in [0.5, 0.6) is 0 Å². The molecule has 0 aromatic carbocycles. The summed E-state index contributed by atoms with van der Waals surface area (Å²) in [5.41, 5.74) is 0. The molecule has 1 aliphatic rings. The first kappa shape index (κ1) is 15.4. The average Bonchev–Trinajstić information content (AvgIpc) is 2.50. The fourth-order valence-electron chi connectivity index (χ4n) is 1.88. The van der Waals surface area contributed by atoms with Gasteiger partial charge in [-0.05, 0) is 19.3 Å². The van der Waals surface area contributed by atoms with Crippen molar-refractivity contribution in [1.29, 1.82) is 0 Å². The third-order valence-corrected chi connectivity index (χ3v) is 4.57. The molecule has 1 heterocycles. The predicted octanol–water partition coefficient (Wildman–Crippen LogP) is 0.175. The maximum atomic E-state index is 11.7. The van der Waals surface area contributed by atoms with Crippen molar-refractivity contribution in [3.63, 3.8) is 0 Å². The Morgan fingerprint density at radius 2 is 2.00 bits per heavy atom. The lowest BCUT2D eigenvalue weighted by Gasteiger charge is -2.20. The third-order valence-electron chi connectivity index (χ3n) is 3.04. The van der Waals surface area contributed by atoms with E-state index in [1.54, 1.807) is 0 Å². The molecule has 0 spiro atoms. The molecule has 7 heteroatoms. The van der Waals surface area contributed by atoms with E-state index < -0.39 is 10.2 Å². The van der Waals surface area contributed by atoms with Crippen LogP contribution in [0.2, 0.25) is 0 Å². The number of nitrogens with zero attached hydrogens (tertiary/aromatic N) is 2. The van der Waals surface area contributed by atoms with Gasteiger partial charge in [-0.3, -0.25) is 4.79 Å². The molecular formula is C11H23N3O3S. The number of hydrogen-bond acceptors (Lipinski definition) is 3. The lowest BCUT2D eigenvalue weighted by molar-refractivity contribution is -0.130. The van der Waals surface area contributed by atoms with Gasteiger partial charge in [-0.1, -0.05) is 6.42 Å². The first-order valence-corrected chi connectivity index (χ1v) is 7.82. The monoisotopic (exact) mass is 277 g/mol. The van der Waals surface area contributed by atoms with Crippen LogP contribution in [0, 0.1) is 0 Å². The van der Waals surface area contributed by atoms with E-state index in [1.807, 2.05) is 4.90 Å². The molecule has 18 heavy (non-hydrogen) atoms. The summed E-state index contributed by atoms with van der Waals surface area (Å²) >= 11 is 0. The van der Waals surface area contributed by atoms with Crippen molar-refractivity contribution in [2.24, 2.45) is 0 Å².